The van der Waals surface area contributed by atoms with Gasteiger partial charge in [-0.1, -0.05) is 20.3 Å². The van der Waals surface area contributed by atoms with Gasteiger partial charge in [0.25, 0.3) is 0 Å². The van der Waals surface area contributed by atoms with E-state index in [1.807, 2.05) is 6.92 Å². The average molecular weight is 302 g/mol. The molecule has 1 aromatic rings. The molecule has 1 heterocycles. The van der Waals surface area contributed by atoms with Crippen LogP contribution >= 0.6 is 11.3 Å². The van der Waals surface area contributed by atoms with Crippen LogP contribution in [-0.2, 0) is 16.6 Å². The van der Waals surface area contributed by atoms with Crippen molar-refractivity contribution in [1.82, 2.24) is 4.72 Å². The summed E-state index contributed by atoms with van der Waals surface area (Å²) in [5, 5.41) is 0. The van der Waals surface area contributed by atoms with Gasteiger partial charge in [0.05, 0.1) is 4.90 Å². The van der Waals surface area contributed by atoms with Crippen molar-refractivity contribution in [3.8, 4) is 0 Å². The van der Waals surface area contributed by atoms with Crippen molar-refractivity contribution in [2.45, 2.75) is 57.5 Å². The molecule has 1 fully saturated rings. The lowest BCUT2D eigenvalue weighted by Crippen LogP contribution is -2.41. The molecule has 1 aliphatic rings. The lowest BCUT2D eigenvalue weighted by atomic mass is 9.88. The number of thiophene rings is 1. The summed E-state index contributed by atoms with van der Waals surface area (Å²) < 4.78 is 27.8. The summed E-state index contributed by atoms with van der Waals surface area (Å²) in [5.74, 6) is 0. The van der Waals surface area contributed by atoms with Gasteiger partial charge in [0.2, 0.25) is 10.0 Å². The third kappa shape index (κ3) is 3.02. The molecule has 0 radical (unpaired) electrons. The molecule has 0 spiro atoms. The molecule has 6 heteroatoms. The molecule has 1 aliphatic carbocycles. The van der Waals surface area contributed by atoms with Crippen LogP contribution in [0, 0.1) is 12.3 Å². The van der Waals surface area contributed by atoms with E-state index in [0.717, 1.165) is 29.0 Å². The van der Waals surface area contributed by atoms with Crippen molar-refractivity contribution in [3.05, 3.63) is 15.8 Å². The van der Waals surface area contributed by atoms with Gasteiger partial charge in [-0.25, -0.2) is 13.1 Å². The van der Waals surface area contributed by atoms with Crippen LogP contribution in [0.1, 0.15) is 42.9 Å². The zero-order chi connectivity index (χ0) is 14.3. The van der Waals surface area contributed by atoms with Crippen LogP contribution in [0.3, 0.4) is 0 Å². The molecular weight excluding hydrogens is 280 g/mol. The van der Waals surface area contributed by atoms with Gasteiger partial charge in [-0.05, 0) is 31.2 Å². The lowest BCUT2D eigenvalue weighted by molar-refractivity contribution is 0.313. The number of hydrogen-bond acceptors (Lipinski definition) is 4. The second-order valence-corrected chi connectivity index (χ2v) is 8.92. The van der Waals surface area contributed by atoms with E-state index in [2.05, 4.69) is 18.6 Å². The minimum atomic E-state index is -3.43. The number of sulfonamides is 1. The SMILES string of the molecule is Cc1sc(CN)cc1S(=O)(=O)NC1CCCC1(C)C. The highest BCUT2D eigenvalue weighted by atomic mass is 32.2. The summed E-state index contributed by atoms with van der Waals surface area (Å²) in [4.78, 5) is 2.10. The van der Waals surface area contributed by atoms with Gasteiger partial charge in [-0.2, -0.15) is 0 Å². The summed E-state index contributed by atoms with van der Waals surface area (Å²) >= 11 is 1.45. The highest BCUT2D eigenvalue weighted by molar-refractivity contribution is 7.89. The van der Waals surface area contributed by atoms with E-state index in [4.69, 9.17) is 5.73 Å². The van der Waals surface area contributed by atoms with Gasteiger partial charge in [0.15, 0.2) is 0 Å². The Morgan fingerprint density at radius 1 is 1.53 bits per heavy atom. The summed E-state index contributed by atoms with van der Waals surface area (Å²) in [6, 6.07) is 1.72. The Kier molecular flexibility index (Phi) is 4.07. The average Bonchev–Trinajstić information content (AvgIpc) is 2.83. The van der Waals surface area contributed by atoms with Crippen LogP contribution in [-0.4, -0.2) is 14.5 Å². The van der Waals surface area contributed by atoms with Crippen molar-refractivity contribution in [1.29, 1.82) is 0 Å². The molecule has 0 amide bonds. The Morgan fingerprint density at radius 2 is 2.21 bits per heavy atom. The Bertz CT molecular complexity index is 561. The zero-order valence-electron chi connectivity index (χ0n) is 11.7. The summed E-state index contributed by atoms with van der Waals surface area (Å²) in [6.07, 6.45) is 3.06. The molecule has 1 saturated carbocycles. The normalized spacial score (nSPS) is 22.8. The first-order valence-electron chi connectivity index (χ1n) is 6.58. The monoisotopic (exact) mass is 302 g/mol. The fourth-order valence-electron chi connectivity index (χ4n) is 2.69. The maximum absolute atomic E-state index is 12.5. The smallest absolute Gasteiger partial charge is 0.241 e. The van der Waals surface area contributed by atoms with Gasteiger partial charge < -0.3 is 5.73 Å². The van der Waals surface area contributed by atoms with Gasteiger partial charge in [-0.3, -0.25) is 0 Å². The quantitative estimate of drug-likeness (QED) is 0.897. The van der Waals surface area contributed by atoms with Crippen LogP contribution < -0.4 is 10.5 Å². The first-order chi connectivity index (χ1) is 8.76. The topological polar surface area (TPSA) is 72.2 Å². The number of nitrogens with two attached hydrogens (primary N) is 1. The Morgan fingerprint density at radius 3 is 2.68 bits per heavy atom. The fourth-order valence-corrected chi connectivity index (χ4v) is 5.64. The fraction of sp³-hybridized carbons (Fsp3) is 0.692. The molecule has 1 aromatic heterocycles. The number of aryl methyl sites for hydroxylation is 1. The molecule has 108 valence electrons. The number of rotatable bonds is 4. The number of nitrogens with one attached hydrogen (secondary N) is 1. The van der Waals surface area contributed by atoms with Gasteiger partial charge in [0, 0.05) is 22.3 Å². The second-order valence-electron chi connectivity index (χ2n) is 5.89. The maximum Gasteiger partial charge on any atom is 0.241 e. The maximum atomic E-state index is 12.5. The van der Waals surface area contributed by atoms with E-state index in [-0.39, 0.29) is 11.5 Å². The van der Waals surface area contributed by atoms with E-state index < -0.39 is 10.0 Å². The van der Waals surface area contributed by atoms with Gasteiger partial charge in [-0.15, -0.1) is 11.3 Å². The predicted octanol–water partition coefficient (Wildman–Crippen LogP) is 2.37. The van der Waals surface area contributed by atoms with E-state index in [1.54, 1.807) is 6.07 Å². The first kappa shape index (κ1) is 15.0. The van der Waals surface area contributed by atoms with Gasteiger partial charge in [0.1, 0.15) is 0 Å². The summed E-state index contributed by atoms with van der Waals surface area (Å²) in [6.45, 7) is 6.46. The van der Waals surface area contributed by atoms with Crippen LogP contribution in [0.15, 0.2) is 11.0 Å². The molecular formula is C13H22N2O2S2. The van der Waals surface area contributed by atoms with Gasteiger partial charge >= 0.3 is 0 Å². The molecule has 1 atom stereocenters. The van der Waals surface area contributed by atoms with Crippen LogP contribution in [0.2, 0.25) is 0 Å². The minimum Gasteiger partial charge on any atom is -0.326 e. The zero-order valence-corrected chi connectivity index (χ0v) is 13.3. The standard InChI is InChI=1S/C13H22N2O2S2/c1-9-11(7-10(8-14)18-9)19(16,17)15-12-5-4-6-13(12,2)3/h7,12,15H,4-6,8,14H2,1-3H3. The summed E-state index contributed by atoms with van der Waals surface area (Å²) in [7, 11) is -3.43. The molecule has 0 aromatic carbocycles. The van der Waals surface area contributed by atoms with Crippen molar-refractivity contribution >= 4 is 21.4 Å². The summed E-state index contributed by atoms with van der Waals surface area (Å²) in [5.41, 5.74) is 5.61. The third-order valence-electron chi connectivity index (χ3n) is 3.97. The van der Waals surface area contributed by atoms with E-state index in [1.165, 1.54) is 11.3 Å². The van der Waals surface area contributed by atoms with E-state index in [0.29, 0.717) is 11.4 Å². The second kappa shape index (κ2) is 5.16. The van der Waals surface area contributed by atoms with Crippen LogP contribution in [0.25, 0.3) is 0 Å². The van der Waals surface area contributed by atoms with Crippen LogP contribution in [0.5, 0.6) is 0 Å². The van der Waals surface area contributed by atoms with E-state index >= 15 is 0 Å². The van der Waals surface area contributed by atoms with Crippen molar-refractivity contribution in [2.24, 2.45) is 11.1 Å². The van der Waals surface area contributed by atoms with Crippen molar-refractivity contribution in [2.75, 3.05) is 0 Å². The molecule has 1 unspecified atom stereocenters. The Labute approximate surface area is 119 Å². The Hall–Kier alpha value is -0.430. The predicted molar refractivity (Wildman–Crippen MR) is 78.7 cm³/mol. The minimum absolute atomic E-state index is 0.0260. The molecule has 2 rings (SSSR count). The third-order valence-corrected chi connectivity index (χ3v) is 6.77. The van der Waals surface area contributed by atoms with Crippen molar-refractivity contribution < 1.29 is 8.42 Å². The molecule has 3 N–H and O–H groups in total. The first-order valence-corrected chi connectivity index (χ1v) is 8.88. The lowest BCUT2D eigenvalue weighted by Gasteiger charge is -2.27. The Balaban J connectivity index is 2.25. The molecule has 0 bridgehead atoms. The largest absolute Gasteiger partial charge is 0.326 e. The highest BCUT2D eigenvalue weighted by Gasteiger charge is 2.37. The molecule has 0 saturated heterocycles. The molecule has 4 nitrogen and oxygen atoms in total. The highest BCUT2D eigenvalue weighted by Crippen LogP contribution is 2.38. The molecule has 0 aliphatic heterocycles. The number of hydrogen-bond donors (Lipinski definition) is 2. The molecule has 19 heavy (non-hydrogen) atoms. The van der Waals surface area contributed by atoms with E-state index in [9.17, 15) is 8.42 Å². The van der Waals surface area contributed by atoms with Crippen molar-refractivity contribution in [3.63, 3.8) is 0 Å². The van der Waals surface area contributed by atoms with Crippen LogP contribution in [0.4, 0.5) is 0 Å².